The van der Waals surface area contributed by atoms with E-state index in [1.54, 1.807) is 6.20 Å². The zero-order chi connectivity index (χ0) is 16.1. The summed E-state index contributed by atoms with van der Waals surface area (Å²) in [6.45, 7) is 2.94. The lowest BCUT2D eigenvalue weighted by molar-refractivity contribution is 0.234. The minimum atomic E-state index is -0.233. The van der Waals surface area contributed by atoms with Gasteiger partial charge in [0.1, 0.15) is 11.5 Å². The fraction of sp³-hybridized carbons (Fsp3) is 0.412. The van der Waals surface area contributed by atoms with Crippen molar-refractivity contribution in [3.63, 3.8) is 0 Å². The third-order valence-electron chi connectivity index (χ3n) is 3.84. The van der Waals surface area contributed by atoms with E-state index in [0.717, 1.165) is 36.3 Å². The average Bonchev–Trinajstić information content (AvgIpc) is 2.95. The number of amides is 2. The highest BCUT2D eigenvalue weighted by atomic mass is 16.5. The minimum absolute atomic E-state index is 0.0514. The van der Waals surface area contributed by atoms with Crippen molar-refractivity contribution < 1.29 is 13.9 Å². The quantitative estimate of drug-likeness (QED) is 0.909. The molecule has 2 aromatic rings. The van der Waals surface area contributed by atoms with Gasteiger partial charge in [-0.2, -0.15) is 0 Å². The fourth-order valence-corrected chi connectivity index (χ4v) is 2.63. The predicted molar refractivity (Wildman–Crippen MR) is 85.2 cm³/mol. The van der Waals surface area contributed by atoms with Crippen molar-refractivity contribution in [1.29, 1.82) is 0 Å². The van der Waals surface area contributed by atoms with Gasteiger partial charge in [0, 0.05) is 12.0 Å². The zero-order valence-corrected chi connectivity index (χ0v) is 13.2. The van der Waals surface area contributed by atoms with E-state index in [1.807, 2.05) is 31.2 Å². The molecule has 1 atom stereocenters. The first kappa shape index (κ1) is 15.4. The number of benzene rings is 1. The Labute approximate surface area is 135 Å². The molecule has 0 fully saturated rings. The van der Waals surface area contributed by atoms with E-state index in [9.17, 15) is 4.79 Å². The maximum Gasteiger partial charge on any atom is 0.315 e. The number of hydrogen-bond acceptors (Lipinski definition) is 4. The van der Waals surface area contributed by atoms with E-state index in [4.69, 9.17) is 9.15 Å². The van der Waals surface area contributed by atoms with Crippen LogP contribution in [0.1, 0.15) is 43.0 Å². The molecule has 1 aromatic heterocycles. The number of carbonyl (C=O) groups is 1. The topological polar surface area (TPSA) is 76.4 Å². The van der Waals surface area contributed by atoms with Gasteiger partial charge < -0.3 is 19.8 Å². The van der Waals surface area contributed by atoms with E-state index in [-0.39, 0.29) is 18.6 Å². The normalized spacial score (nSPS) is 16.8. The van der Waals surface area contributed by atoms with Crippen LogP contribution in [0.25, 0.3) is 0 Å². The number of para-hydroxylation sites is 1. The number of carbonyl (C=O) groups excluding carboxylic acids is 1. The molecule has 0 saturated heterocycles. The largest absolute Gasteiger partial charge is 0.493 e. The second kappa shape index (κ2) is 7.17. The van der Waals surface area contributed by atoms with E-state index in [1.165, 1.54) is 0 Å². The molecule has 1 aliphatic heterocycles. The molecule has 3 rings (SSSR count). The molecule has 2 N–H and O–H groups in total. The second-order valence-corrected chi connectivity index (χ2v) is 5.48. The van der Waals surface area contributed by atoms with E-state index in [0.29, 0.717) is 12.5 Å². The maximum atomic E-state index is 12.2. The Morgan fingerprint density at radius 1 is 1.39 bits per heavy atom. The number of nitrogens with one attached hydrogen (secondary N) is 2. The number of ether oxygens (including phenoxy) is 1. The van der Waals surface area contributed by atoms with Crippen LogP contribution in [-0.2, 0) is 13.0 Å². The van der Waals surface area contributed by atoms with Gasteiger partial charge in [-0.05, 0) is 18.9 Å². The van der Waals surface area contributed by atoms with Crippen LogP contribution in [0.5, 0.6) is 5.75 Å². The standard InChI is InChI=1S/C17H21N3O3/c1-2-12-10-18-16(23-12)11-19-17(21)20-14-7-5-9-22-15-8-4-3-6-13(14)15/h3-4,6,8,10,14H,2,5,7,9,11H2,1H3,(H2,19,20,21). The van der Waals surface area contributed by atoms with Gasteiger partial charge in [-0.15, -0.1) is 0 Å². The van der Waals surface area contributed by atoms with E-state index in [2.05, 4.69) is 15.6 Å². The van der Waals surface area contributed by atoms with Crippen molar-refractivity contribution in [3.05, 3.63) is 47.7 Å². The Bertz CT molecular complexity index is 669. The lowest BCUT2D eigenvalue weighted by Crippen LogP contribution is -2.37. The number of fused-ring (bicyclic) bond motifs is 1. The summed E-state index contributed by atoms with van der Waals surface area (Å²) in [7, 11) is 0. The summed E-state index contributed by atoms with van der Waals surface area (Å²) in [5, 5.41) is 5.79. The van der Waals surface area contributed by atoms with Crippen LogP contribution >= 0.6 is 0 Å². The molecule has 0 bridgehead atoms. The zero-order valence-electron chi connectivity index (χ0n) is 13.2. The van der Waals surface area contributed by atoms with Crippen molar-refractivity contribution in [1.82, 2.24) is 15.6 Å². The highest BCUT2D eigenvalue weighted by Gasteiger charge is 2.21. The van der Waals surface area contributed by atoms with Gasteiger partial charge in [0.15, 0.2) is 0 Å². The Balaban J connectivity index is 1.59. The Hall–Kier alpha value is -2.50. The number of aromatic nitrogens is 1. The minimum Gasteiger partial charge on any atom is -0.493 e. The fourth-order valence-electron chi connectivity index (χ4n) is 2.63. The summed E-state index contributed by atoms with van der Waals surface area (Å²) in [4.78, 5) is 16.3. The first-order valence-electron chi connectivity index (χ1n) is 7.96. The number of aryl methyl sites for hydroxylation is 1. The Morgan fingerprint density at radius 2 is 2.26 bits per heavy atom. The van der Waals surface area contributed by atoms with E-state index < -0.39 is 0 Å². The number of urea groups is 1. The molecule has 6 nitrogen and oxygen atoms in total. The molecule has 1 aromatic carbocycles. The molecule has 0 radical (unpaired) electrons. The SMILES string of the molecule is CCc1cnc(CNC(=O)NC2CCCOc3ccccc32)o1. The lowest BCUT2D eigenvalue weighted by Gasteiger charge is -2.18. The van der Waals surface area contributed by atoms with Crippen molar-refractivity contribution in [2.24, 2.45) is 0 Å². The van der Waals surface area contributed by atoms with Crippen molar-refractivity contribution >= 4 is 6.03 Å². The molecule has 122 valence electrons. The van der Waals surface area contributed by atoms with Crippen LogP contribution in [0.4, 0.5) is 4.79 Å². The van der Waals surface area contributed by atoms with Gasteiger partial charge in [0.2, 0.25) is 5.89 Å². The van der Waals surface area contributed by atoms with Crippen molar-refractivity contribution in [2.45, 2.75) is 38.8 Å². The molecule has 2 heterocycles. The van der Waals surface area contributed by atoms with Crippen LogP contribution in [-0.4, -0.2) is 17.6 Å². The molecule has 0 saturated carbocycles. The van der Waals surface area contributed by atoms with Gasteiger partial charge in [0.05, 0.1) is 25.4 Å². The van der Waals surface area contributed by atoms with Crippen LogP contribution < -0.4 is 15.4 Å². The molecule has 1 unspecified atom stereocenters. The third-order valence-corrected chi connectivity index (χ3v) is 3.84. The molecule has 1 aliphatic rings. The summed E-state index contributed by atoms with van der Waals surface area (Å²) in [6, 6.07) is 7.54. The summed E-state index contributed by atoms with van der Waals surface area (Å²) >= 11 is 0. The third kappa shape index (κ3) is 3.83. The smallest absolute Gasteiger partial charge is 0.315 e. The summed E-state index contributed by atoms with van der Waals surface area (Å²) in [6.07, 6.45) is 4.23. The molecule has 0 aliphatic carbocycles. The summed E-state index contributed by atoms with van der Waals surface area (Å²) in [5.74, 6) is 2.18. The number of rotatable bonds is 4. The van der Waals surface area contributed by atoms with Crippen molar-refractivity contribution in [2.75, 3.05) is 6.61 Å². The number of nitrogens with zero attached hydrogens (tertiary/aromatic N) is 1. The van der Waals surface area contributed by atoms with E-state index >= 15 is 0 Å². The summed E-state index contributed by atoms with van der Waals surface area (Å²) < 4.78 is 11.2. The van der Waals surface area contributed by atoms with Gasteiger partial charge in [-0.1, -0.05) is 25.1 Å². The van der Waals surface area contributed by atoms with Crippen LogP contribution in [0.15, 0.2) is 34.9 Å². The second-order valence-electron chi connectivity index (χ2n) is 5.48. The van der Waals surface area contributed by atoms with Gasteiger partial charge in [-0.25, -0.2) is 9.78 Å². The molecule has 2 amide bonds. The maximum absolute atomic E-state index is 12.2. The summed E-state index contributed by atoms with van der Waals surface area (Å²) in [5.41, 5.74) is 1.02. The van der Waals surface area contributed by atoms with Crippen LogP contribution in [0.2, 0.25) is 0 Å². The van der Waals surface area contributed by atoms with Gasteiger partial charge >= 0.3 is 6.03 Å². The molecule has 23 heavy (non-hydrogen) atoms. The highest BCUT2D eigenvalue weighted by molar-refractivity contribution is 5.74. The molecular formula is C17H21N3O3. The monoisotopic (exact) mass is 315 g/mol. The number of hydrogen-bond donors (Lipinski definition) is 2. The average molecular weight is 315 g/mol. The molecular weight excluding hydrogens is 294 g/mol. The Morgan fingerprint density at radius 3 is 3.09 bits per heavy atom. The lowest BCUT2D eigenvalue weighted by atomic mass is 10.0. The van der Waals surface area contributed by atoms with Gasteiger partial charge in [-0.3, -0.25) is 0 Å². The van der Waals surface area contributed by atoms with Crippen LogP contribution in [0.3, 0.4) is 0 Å². The first-order chi connectivity index (χ1) is 11.3. The number of oxazole rings is 1. The first-order valence-corrected chi connectivity index (χ1v) is 7.96. The predicted octanol–water partition coefficient (Wildman–Crippen LogP) is 2.95. The molecule has 6 heteroatoms. The molecule has 0 spiro atoms. The van der Waals surface area contributed by atoms with Crippen molar-refractivity contribution in [3.8, 4) is 5.75 Å². The van der Waals surface area contributed by atoms with Gasteiger partial charge in [0.25, 0.3) is 0 Å². The highest BCUT2D eigenvalue weighted by Crippen LogP contribution is 2.30. The van der Waals surface area contributed by atoms with Crippen LogP contribution in [0, 0.1) is 0 Å². The Kier molecular flexibility index (Phi) is 4.80.